The maximum atomic E-state index is 10.6. The van der Waals surface area contributed by atoms with Crippen LogP contribution in [0.25, 0.3) is 0 Å². The first-order valence-corrected chi connectivity index (χ1v) is 4.52. The summed E-state index contributed by atoms with van der Waals surface area (Å²) in [6.07, 6.45) is 0. The highest BCUT2D eigenvalue weighted by molar-refractivity contribution is 7.16. The molecule has 1 unspecified atom stereocenters. The van der Waals surface area contributed by atoms with E-state index in [4.69, 9.17) is 22.4 Å². The van der Waals surface area contributed by atoms with Crippen molar-refractivity contribution >= 4 is 28.9 Å². The van der Waals surface area contributed by atoms with Crippen LogP contribution < -0.4 is 5.73 Å². The maximum Gasteiger partial charge on any atom is 0.313 e. The monoisotopic (exact) mass is 205 g/mol. The average Bonchev–Trinajstić information content (AvgIpc) is 2.37. The molecule has 0 saturated heterocycles. The zero-order chi connectivity index (χ0) is 9.14. The number of hydrogen-bond donors (Lipinski definition) is 2. The summed E-state index contributed by atoms with van der Waals surface area (Å²) in [5.41, 5.74) is 5.30. The summed E-state index contributed by atoms with van der Waals surface area (Å²) in [6.45, 7) is 0.103. The zero-order valence-electron chi connectivity index (χ0n) is 6.16. The van der Waals surface area contributed by atoms with Crippen LogP contribution >= 0.6 is 22.9 Å². The number of rotatable bonds is 3. The minimum atomic E-state index is -0.906. The topological polar surface area (TPSA) is 63.3 Å². The molecule has 1 aromatic heterocycles. The molecule has 1 heterocycles. The number of carboxylic acid groups (broad SMARTS) is 1. The van der Waals surface area contributed by atoms with Gasteiger partial charge in [0.05, 0.1) is 4.34 Å². The van der Waals surface area contributed by atoms with Crippen LogP contribution in [0.2, 0.25) is 4.34 Å². The normalized spacial score (nSPS) is 12.8. The Bertz CT molecular complexity index is 287. The van der Waals surface area contributed by atoms with Gasteiger partial charge in [0.2, 0.25) is 0 Å². The predicted molar refractivity (Wildman–Crippen MR) is 48.8 cm³/mol. The minimum absolute atomic E-state index is 0.103. The fraction of sp³-hybridized carbons (Fsp3) is 0.286. The van der Waals surface area contributed by atoms with E-state index in [9.17, 15) is 4.79 Å². The largest absolute Gasteiger partial charge is 0.481 e. The van der Waals surface area contributed by atoms with Gasteiger partial charge in [-0.05, 0) is 12.1 Å². The Kier molecular flexibility index (Phi) is 3.08. The van der Waals surface area contributed by atoms with Gasteiger partial charge in [0.1, 0.15) is 5.92 Å². The van der Waals surface area contributed by atoms with E-state index in [-0.39, 0.29) is 6.54 Å². The van der Waals surface area contributed by atoms with Crippen LogP contribution in [-0.2, 0) is 4.79 Å². The van der Waals surface area contributed by atoms with Gasteiger partial charge in [0, 0.05) is 11.4 Å². The zero-order valence-corrected chi connectivity index (χ0v) is 7.73. The molecule has 0 aliphatic heterocycles. The molecule has 0 radical (unpaired) electrons. The lowest BCUT2D eigenvalue weighted by Crippen LogP contribution is -2.19. The summed E-state index contributed by atoms with van der Waals surface area (Å²) in [7, 11) is 0. The first kappa shape index (κ1) is 9.51. The molecule has 0 fully saturated rings. The third-order valence-corrected chi connectivity index (χ3v) is 2.82. The molecular weight excluding hydrogens is 198 g/mol. The first-order valence-electron chi connectivity index (χ1n) is 3.33. The summed E-state index contributed by atoms with van der Waals surface area (Å²) in [6, 6.07) is 3.37. The molecule has 0 amide bonds. The number of aliphatic carboxylic acids is 1. The van der Waals surface area contributed by atoms with Crippen LogP contribution in [0.15, 0.2) is 12.1 Å². The number of carboxylic acids is 1. The highest BCUT2D eigenvalue weighted by Gasteiger charge is 2.19. The standard InChI is InChI=1S/C7H8ClNO2S/c8-6-2-1-5(12-6)4(3-9)7(10)11/h1-2,4H,3,9H2,(H,10,11). The summed E-state index contributed by atoms with van der Waals surface area (Å²) < 4.78 is 0.588. The molecule has 0 spiro atoms. The quantitative estimate of drug-likeness (QED) is 0.787. The van der Waals surface area contributed by atoms with E-state index in [0.717, 1.165) is 0 Å². The second-order valence-electron chi connectivity index (χ2n) is 2.27. The van der Waals surface area contributed by atoms with E-state index >= 15 is 0 Å². The third-order valence-electron chi connectivity index (χ3n) is 1.47. The molecule has 1 atom stereocenters. The van der Waals surface area contributed by atoms with Gasteiger partial charge in [-0.3, -0.25) is 4.79 Å². The van der Waals surface area contributed by atoms with E-state index in [1.54, 1.807) is 12.1 Å². The second kappa shape index (κ2) is 3.89. The molecule has 1 rings (SSSR count). The van der Waals surface area contributed by atoms with Crippen molar-refractivity contribution in [2.24, 2.45) is 5.73 Å². The van der Waals surface area contributed by atoms with Gasteiger partial charge in [-0.25, -0.2) is 0 Å². The van der Waals surface area contributed by atoms with Crippen LogP contribution in [0, 0.1) is 0 Å². The van der Waals surface area contributed by atoms with E-state index in [1.165, 1.54) is 11.3 Å². The van der Waals surface area contributed by atoms with E-state index in [0.29, 0.717) is 9.21 Å². The van der Waals surface area contributed by atoms with Crippen molar-refractivity contribution in [3.63, 3.8) is 0 Å². The fourth-order valence-electron chi connectivity index (χ4n) is 0.854. The third kappa shape index (κ3) is 1.97. The van der Waals surface area contributed by atoms with Crippen molar-refractivity contribution in [1.82, 2.24) is 0 Å². The Hall–Kier alpha value is -0.580. The molecule has 0 bridgehead atoms. The molecule has 5 heteroatoms. The highest BCUT2D eigenvalue weighted by atomic mass is 35.5. The molecule has 12 heavy (non-hydrogen) atoms. The molecule has 0 saturated carbocycles. The van der Waals surface area contributed by atoms with Crippen LogP contribution in [0.1, 0.15) is 10.8 Å². The van der Waals surface area contributed by atoms with Gasteiger partial charge >= 0.3 is 5.97 Å². The summed E-state index contributed by atoms with van der Waals surface area (Å²) in [4.78, 5) is 11.3. The van der Waals surface area contributed by atoms with E-state index < -0.39 is 11.9 Å². The van der Waals surface area contributed by atoms with E-state index in [2.05, 4.69) is 0 Å². The fourth-order valence-corrected chi connectivity index (χ4v) is 2.02. The minimum Gasteiger partial charge on any atom is -0.481 e. The number of carbonyl (C=O) groups is 1. The lowest BCUT2D eigenvalue weighted by molar-refractivity contribution is -0.138. The number of hydrogen-bond acceptors (Lipinski definition) is 3. The number of halogens is 1. The molecule has 0 aliphatic carbocycles. The molecular formula is C7H8ClNO2S. The van der Waals surface area contributed by atoms with Gasteiger partial charge in [-0.15, -0.1) is 11.3 Å². The van der Waals surface area contributed by atoms with E-state index in [1.807, 2.05) is 0 Å². The lowest BCUT2D eigenvalue weighted by atomic mass is 10.1. The van der Waals surface area contributed by atoms with Gasteiger partial charge in [-0.2, -0.15) is 0 Å². The van der Waals surface area contributed by atoms with Crippen molar-refractivity contribution in [1.29, 1.82) is 0 Å². The van der Waals surface area contributed by atoms with Crippen LogP contribution in [0.4, 0.5) is 0 Å². The number of nitrogens with two attached hydrogens (primary N) is 1. The molecule has 0 aromatic carbocycles. The average molecular weight is 206 g/mol. The van der Waals surface area contributed by atoms with Crippen molar-refractivity contribution in [3.05, 3.63) is 21.3 Å². The molecule has 1 aromatic rings. The first-order chi connectivity index (χ1) is 5.65. The predicted octanol–water partition coefficient (Wildman–Crippen LogP) is 1.53. The summed E-state index contributed by atoms with van der Waals surface area (Å²) >= 11 is 6.90. The summed E-state index contributed by atoms with van der Waals surface area (Å²) in [5.74, 6) is -1.53. The number of thiophene rings is 1. The lowest BCUT2D eigenvalue weighted by Gasteiger charge is -2.05. The Morgan fingerprint density at radius 3 is 2.75 bits per heavy atom. The SMILES string of the molecule is NCC(C(=O)O)c1ccc(Cl)s1. The van der Waals surface area contributed by atoms with Gasteiger partial charge in [0.15, 0.2) is 0 Å². The smallest absolute Gasteiger partial charge is 0.313 e. The molecule has 3 nitrogen and oxygen atoms in total. The Morgan fingerprint density at radius 2 is 2.42 bits per heavy atom. The Morgan fingerprint density at radius 1 is 1.75 bits per heavy atom. The van der Waals surface area contributed by atoms with Crippen molar-refractivity contribution in [3.8, 4) is 0 Å². The van der Waals surface area contributed by atoms with Crippen LogP contribution in [-0.4, -0.2) is 17.6 Å². The Balaban J connectivity index is 2.87. The molecule has 66 valence electrons. The van der Waals surface area contributed by atoms with Crippen molar-refractivity contribution < 1.29 is 9.90 Å². The Labute approximate surface area is 78.8 Å². The molecule has 0 aliphatic rings. The molecule has 3 N–H and O–H groups in total. The summed E-state index contributed by atoms with van der Waals surface area (Å²) in [5, 5.41) is 8.72. The van der Waals surface area contributed by atoms with Crippen LogP contribution in [0.5, 0.6) is 0 Å². The maximum absolute atomic E-state index is 10.6. The van der Waals surface area contributed by atoms with Gasteiger partial charge in [-0.1, -0.05) is 11.6 Å². The van der Waals surface area contributed by atoms with Crippen LogP contribution in [0.3, 0.4) is 0 Å². The second-order valence-corrected chi connectivity index (χ2v) is 4.02. The van der Waals surface area contributed by atoms with Gasteiger partial charge in [0.25, 0.3) is 0 Å². The van der Waals surface area contributed by atoms with Crippen molar-refractivity contribution in [2.75, 3.05) is 6.54 Å². The van der Waals surface area contributed by atoms with Crippen molar-refractivity contribution in [2.45, 2.75) is 5.92 Å². The highest BCUT2D eigenvalue weighted by Crippen LogP contribution is 2.27. The van der Waals surface area contributed by atoms with Gasteiger partial charge < -0.3 is 10.8 Å².